The number of aliphatic hydroxyl groups excluding tert-OH is 1. The van der Waals surface area contributed by atoms with Crippen LogP contribution in [0.1, 0.15) is 10.4 Å². The second-order valence-electron chi connectivity index (χ2n) is 4.09. The zero-order valence-corrected chi connectivity index (χ0v) is 8.99. The Labute approximate surface area is 101 Å². The van der Waals surface area contributed by atoms with Gasteiger partial charge < -0.3 is 24.7 Å². The minimum Gasteiger partial charge on any atom is -0.504 e. The van der Waals surface area contributed by atoms with Gasteiger partial charge in [0, 0.05) is 6.08 Å². The number of aliphatic hydroxyl groups is 1. The van der Waals surface area contributed by atoms with Gasteiger partial charge in [0.15, 0.2) is 11.5 Å². The molecular formula is C11H9NO6. The fraction of sp³-hybridized carbons (Fsp3) is 0.273. The van der Waals surface area contributed by atoms with Crippen LogP contribution in [0.2, 0.25) is 0 Å². The number of nitrogens with one attached hydrogen (secondary N) is 1. The van der Waals surface area contributed by atoms with Gasteiger partial charge in [0.1, 0.15) is 36.4 Å². The smallest absolute Gasteiger partial charge is 0.262 e. The molecule has 0 bridgehead atoms. The van der Waals surface area contributed by atoms with Crippen LogP contribution >= 0.6 is 0 Å². The van der Waals surface area contributed by atoms with Crippen LogP contribution in [0.25, 0.3) is 0 Å². The van der Waals surface area contributed by atoms with E-state index in [4.69, 9.17) is 4.74 Å². The topological polar surface area (TPSA) is 112 Å². The molecule has 18 heavy (non-hydrogen) atoms. The maximum absolute atomic E-state index is 11.7. The molecule has 2 aliphatic rings. The van der Waals surface area contributed by atoms with E-state index in [1.807, 2.05) is 0 Å². The fourth-order valence-corrected chi connectivity index (χ4v) is 1.86. The molecule has 1 aromatic rings. The van der Waals surface area contributed by atoms with Crippen LogP contribution in [0.15, 0.2) is 28.7 Å². The average Bonchev–Trinajstić information content (AvgIpc) is 3.03. The second-order valence-corrected chi connectivity index (χ2v) is 4.09. The van der Waals surface area contributed by atoms with Crippen LogP contribution < -0.4 is 5.32 Å². The number of fused-ring (bicyclic) bond motifs is 1. The van der Waals surface area contributed by atoms with Gasteiger partial charge in [-0.25, -0.2) is 0 Å². The molecule has 2 heterocycles. The first kappa shape index (κ1) is 11.0. The summed E-state index contributed by atoms with van der Waals surface area (Å²) in [5.41, 5.74) is -0.0151. The van der Waals surface area contributed by atoms with Gasteiger partial charge in [0.05, 0.1) is 5.70 Å². The lowest BCUT2D eigenvalue weighted by Crippen LogP contribution is -2.37. The van der Waals surface area contributed by atoms with Gasteiger partial charge >= 0.3 is 0 Å². The number of carbonyl (C=O) groups excluding carboxylic acids is 2. The Kier molecular flexibility index (Phi) is 2.25. The molecule has 3 N–H and O–H groups in total. The normalized spacial score (nSPS) is 29.5. The van der Waals surface area contributed by atoms with Crippen molar-refractivity contribution in [1.29, 1.82) is 0 Å². The summed E-state index contributed by atoms with van der Waals surface area (Å²) in [5, 5.41) is 21.4. The first-order valence-electron chi connectivity index (χ1n) is 5.23. The summed E-state index contributed by atoms with van der Waals surface area (Å²) < 4.78 is 9.61. The Bertz CT molecular complexity index is 560. The van der Waals surface area contributed by atoms with Crippen molar-refractivity contribution in [2.75, 3.05) is 0 Å². The largest absolute Gasteiger partial charge is 0.504 e. The number of hydrogen-bond acceptors (Lipinski definition) is 6. The number of furan rings is 1. The van der Waals surface area contributed by atoms with Crippen molar-refractivity contribution in [3.8, 4) is 5.75 Å². The number of carbonyl (C=O) groups is 2. The highest BCUT2D eigenvalue weighted by Gasteiger charge is 2.53. The molecular weight excluding hydrogens is 242 g/mol. The van der Waals surface area contributed by atoms with Crippen molar-refractivity contribution in [2.24, 2.45) is 0 Å². The fourth-order valence-electron chi connectivity index (χ4n) is 1.86. The Hall–Kier alpha value is -2.12. The third-order valence-corrected chi connectivity index (χ3v) is 2.88. The molecule has 1 fully saturated rings. The third kappa shape index (κ3) is 1.60. The Morgan fingerprint density at radius 1 is 1.39 bits per heavy atom. The third-order valence-electron chi connectivity index (χ3n) is 2.88. The molecule has 94 valence electrons. The highest BCUT2D eigenvalue weighted by molar-refractivity contribution is 6.01. The number of ether oxygens (including phenoxy) is 1. The summed E-state index contributed by atoms with van der Waals surface area (Å²) in [6, 6.07) is 0. The molecule has 3 atom stereocenters. The second kappa shape index (κ2) is 3.69. The summed E-state index contributed by atoms with van der Waals surface area (Å²) in [6.45, 7) is 0. The van der Waals surface area contributed by atoms with E-state index < -0.39 is 24.2 Å². The van der Waals surface area contributed by atoms with Crippen molar-refractivity contribution >= 4 is 11.7 Å². The van der Waals surface area contributed by atoms with Crippen LogP contribution in [-0.2, 0) is 9.53 Å². The predicted octanol–water partition coefficient (Wildman–Crippen LogP) is -0.690. The van der Waals surface area contributed by atoms with Crippen molar-refractivity contribution in [2.45, 2.75) is 18.3 Å². The lowest BCUT2D eigenvalue weighted by Gasteiger charge is -2.16. The quantitative estimate of drug-likeness (QED) is 0.600. The van der Waals surface area contributed by atoms with Crippen LogP contribution in [0.3, 0.4) is 0 Å². The van der Waals surface area contributed by atoms with Gasteiger partial charge in [-0.2, -0.15) is 0 Å². The molecule has 3 rings (SSSR count). The monoisotopic (exact) mass is 251 g/mol. The van der Waals surface area contributed by atoms with E-state index in [0.717, 1.165) is 18.6 Å². The van der Waals surface area contributed by atoms with Gasteiger partial charge in [0.25, 0.3) is 5.91 Å². The predicted molar refractivity (Wildman–Crippen MR) is 55.6 cm³/mol. The van der Waals surface area contributed by atoms with E-state index in [-0.39, 0.29) is 22.8 Å². The summed E-state index contributed by atoms with van der Waals surface area (Å²) in [5.74, 6) is -1.28. The number of ketones is 1. The molecule has 1 aliphatic heterocycles. The SMILES string of the molecule is O=C(NC1=CC(=O)C2OC2C1O)c1cocc1O. The zero-order valence-electron chi connectivity index (χ0n) is 8.99. The maximum atomic E-state index is 11.7. The van der Waals surface area contributed by atoms with E-state index >= 15 is 0 Å². The van der Waals surface area contributed by atoms with E-state index in [2.05, 4.69) is 9.73 Å². The van der Waals surface area contributed by atoms with Gasteiger partial charge in [-0.3, -0.25) is 9.59 Å². The molecule has 7 nitrogen and oxygen atoms in total. The zero-order chi connectivity index (χ0) is 12.9. The molecule has 1 amide bonds. The van der Waals surface area contributed by atoms with Crippen LogP contribution in [0.4, 0.5) is 0 Å². The molecule has 1 aromatic heterocycles. The highest BCUT2D eigenvalue weighted by Crippen LogP contribution is 2.33. The van der Waals surface area contributed by atoms with Gasteiger partial charge in [-0.15, -0.1) is 0 Å². The van der Waals surface area contributed by atoms with Crippen LogP contribution in [0.5, 0.6) is 5.75 Å². The summed E-state index contributed by atoms with van der Waals surface area (Å²) in [4.78, 5) is 23.1. The van der Waals surface area contributed by atoms with Crippen LogP contribution in [-0.4, -0.2) is 40.2 Å². The lowest BCUT2D eigenvalue weighted by atomic mass is 10.0. The number of rotatable bonds is 2. The maximum Gasteiger partial charge on any atom is 0.262 e. The Morgan fingerprint density at radius 2 is 2.17 bits per heavy atom. The van der Waals surface area contributed by atoms with Crippen LogP contribution in [0, 0.1) is 0 Å². The van der Waals surface area contributed by atoms with E-state index in [1.165, 1.54) is 0 Å². The Balaban J connectivity index is 1.79. The van der Waals surface area contributed by atoms with E-state index in [9.17, 15) is 19.8 Å². The summed E-state index contributed by atoms with van der Waals surface area (Å²) in [7, 11) is 0. The van der Waals surface area contributed by atoms with Gasteiger partial charge in [0.2, 0.25) is 0 Å². The molecule has 1 aliphatic carbocycles. The summed E-state index contributed by atoms with van der Waals surface area (Å²) in [6.07, 6.45) is 0.975. The number of hydrogen-bond donors (Lipinski definition) is 3. The first-order valence-corrected chi connectivity index (χ1v) is 5.23. The number of epoxide rings is 1. The van der Waals surface area contributed by atoms with Crippen molar-refractivity contribution < 1.29 is 29.0 Å². The molecule has 0 radical (unpaired) electrons. The molecule has 0 aromatic carbocycles. The Morgan fingerprint density at radius 3 is 2.83 bits per heavy atom. The van der Waals surface area contributed by atoms with Crippen molar-refractivity contribution in [1.82, 2.24) is 5.32 Å². The van der Waals surface area contributed by atoms with E-state index in [1.54, 1.807) is 0 Å². The molecule has 0 spiro atoms. The molecule has 3 unspecified atom stereocenters. The molecule has 7 heteroatoms. The van der Waals surface area contributed by atoms with E-state index in [0.29, 0.717) is 0 Å². The first-order chi connectivity index (χ1) is 8.58. The minimum absolute atomic E-state index is 0.0596. The summed E-state index contributed by atoms with van der Waals surface area (Å²) >= 11 is 0. The number of aromatic hydroxyl groups is 1. The molecule has 1 saturated heterocycles. The molecule has 0 saturated carbocycles. The average molecular weight is 251 g/mol. The lowest BCUT2D eigenvalue weighted by molar-refractivity contribution is -0.116. The van der Waals surface area contributed by atoms with Gasteiger partial charge in [-0.05, 0) is 0 Å². The van der Waals surface area contributed by atoms with Crippen molar-refractivity contribution in [3.05, 3.63) is 29.9 Å². The van der Waals surface area contributed by atoms with Gasteiger partial charge in [-0.1, -0.05) is 0 Å². The minimum atomic E-state index is -1.05. The number of amides is 1. The standard InChI is InChI=1S/C11H9NO6/c13-6-1-5(8(15)10-9(6)18-10)12-11(16)4-2-17-3-7(4)14/h1-3,8-10,14-15H,(H,12,16). The van der Waals surface area contributed by atoms with Crippen molar-refractivity contribution in [3.63, 3.8) is 0 Å². The highest BCUT2D eigenvalue weighted by atomic mass is 16.6.